The van der Waals surface area contributed by atoms with Gasteiger partial charge in [-0.25, -0.2) is 4.79 Å². The maximum Gasteiger partial charge on any atom is 0 e. The standard InChI is InChI=1S/CH3O3P.K.Pd.H/c2-1(3)4-5;;;/h5H2,(H,2,3);;;. The summed E-state index contributed by atoms with van der Waals surface area (Å²) in [6, 6.07) is 0. The average Bonchev–Trinajstić information content (AvgIpc) is 1.38. The molecule has 0 saturated heterocycles. The van der Waals surface area contributed by atoms with Gasteiger partial charge in [0.15, 0.2) is 0 Å². The molecule has 0 fully saturated rings. The minimum Gasteiger partial charge on any atom is 0 e. The van der Waals surface area contributed by atoms with Gasteiger partial charge >= 0.3 is 57.5 Å². The third kappa shape index (κ3) is 18.0. The molecule has 0 spiro atoms. The van der Waals surface area contributed by atoms with Gasteiger partial charge in [0.2, 0.25) is 0 Å². The monoisotopic (exact) mass is 240 g/mol. The molecular weight excluding hydrogens is 236 g/mol. The zero-order valence-electron chi connectivity index (χ0n) is 2.66. The van der Waals surface area contributed by atoms with Crippen molar-refractivity contribution in [2.45, 2.75) is 0 Å². The predicted molar refractivity (Wildman–Crippen MR) is 26.0 cm³/mol. The minimum atomic E-state index is -1.28. The SMILES string of the molecule is O=C(O)OP.[KH].[Pd]. The molecule has 0 aliphatic carbocycles. The quantitative estimate of drug-likeness (QED) is 0.472. The molecule has 0 amide bonds. The molecule has 1 unspecified atom stereocenters. The van der Waals surface area contributed by atoms with Gasteiger partial charge in [-0.15, -0.1) is 0 Å². The maximum absolute atomic E-state index is 9.12. The predicted octanol–water partition coefficient (Wildman–Crippen LogP) is -0.180. The fraction of sp³-hybridized carbons (Fsp3) is 0. The summed E-state index contributed by atoms with van der Waals surface area (Å²) in [5.74, 6) is 0. The Labute approximate surface area is 99.9 Å². The summed E-state index contributed by atoms with van der Waals surface area (Å²) in [6.07, 6.45) is -1.28. The van der Waals surface area contributed by atoms with E-state index in [0.717, 1.165) is 0 Å². The maximum atomic E-state index is 9.12. The molecule has 0 aliphatic heterocycles. The van der Waals surface area contributed by atoms with Crippen LogP contribution in [0.4, 0.5) is 4.79 Å². The van der Waals surface area contributed by atoms with Crippen LogP contribution in [0.15, 0.2) is 0 Å². The first-order valence-electron chi connectivity index (χ1n) is 0.868. The van der Waals surface area contributed by atoms with Crippen molar-refractivity contribution in [1.82, 2.24) is 0 Å². The van der Waals surface area contributed by atoms with Crippen LogP contribution in [0.1, 0.15) is 0 Å². The van der Waals surface area contributed by atoms with Crippen LogP contribution in [0.5, 0.6) is 0 Å². The average molecular weight is 241 g/mol. The van der Waals surface area contributed by atoms with Crippen LogP contribution in [0.3, 0.4) is 0 Å². The Morgan fingerprint density at radius 1 is 1.71 bits per heavy atom. The normalized spacial score (nSPS) is 4.71. The van der Waals surface area contributed by atoms with Gasteiger partial charge in [0, 0.05) is 20.4 Å². The van der Waals surface area contributed by atoms with E-state index in [4.69, 9.17) is 9.90 Å². The Kier molecular flexibility index (Phi) is 24.9. The van der Waals surface area contributed by atoms with E-state index in [9.17, 15) is 0 Å². The van der Waals surface area contributed by atoms with Crippen molar-refractivity contribution < 1.29 is 34.8 Å². The van der Waals surface area contributed by atoms with E-state index in [1.165, 1.54) is 0 Å². The van der Waals surface area contributed by atoms with Crippen LogP contribution in [-0.4, -0.2) is 62.6 Å². The largest absolute Gasteiger partial charge is 0 e. The van der Waals surface area contributed by atoms with E-state index in [2.05, 4.69) is 4.52 Å². The fourth-order valence-electron chi connectivity index (χ4n) is 0. The Morgan fingerprint density at radius 3 is 1.86 bits per heavy atom. The van der Waals surface area contributed by atoms with Crippen molar-refractivity contribution in [3.63, 3.8) is 0 Å². The summed E-state index contributed by atoms with van der Waals surface area (Å²) in [7, 11) is 1.59. The summed E-state index contributed by atoms with van der Waals surface area (Å²) in [4.78, 5) is 9.12. The van der Waals surface area contributed by atoms with E-state index in [1.54, 1.807) is 9.47 Å². The van der Waals surface area contributed by atoms with Gasteiger partial charge in [-0.3, -0.25) is 0 Å². The molecule has 42 valence electrons. The van der Waals surface area contributed by atoms with Crippen molar-refractivity contribution in [3.05, 3.63) is 0 Å². The van der Waals surface area contributed by atoms with Crippen LogP contribution in [0.2, 0.25) is 0 Å². The molecule has 0 aromatic carbocycles. The first-order chi connectivity index (χ1) is 2.27. The molecule has 0 aromatic heterocycles. The molecule has 0 rings (SSSR count). The summed E-state index contributed by atoms with van der Waals surface area (Å²) >= 11 is 0. The van der Waals surface area contributed by atoms with Crippen LogP contribution < -0.4 is 0 Å². The molecule has 1 N–H and O–H groups in total. The molecule has 0 aliphatic rings. The Morgan fingerprint density at radius 2 is 1.86 bits per heavy atom. The van der Waals surface area contributed by atoms with Crippen molar-refractivity contribution in [2.24, 2.45) is 0 Å². The van der Waals surface area contributed by atoms with E-state index >= 15 is 0 Å². The smallest absolute Gasteiger partial charge is 0 e. The molecule has 0 heterocycles. The van der Waals surface area contributed by atoms with Crippen LogP contribution in [0.25, 0.3) is 0 Å². The Bertz CT molecular complexity index is 50.2. The van der Waals surface area contributed by atoms with Gasteiger partial charge in [0.1, 0.15) is 0 Å². The summed E-state index contributed by atoms with van der Waals surface area (Å²) < 4.78 is 3.58. The third-order valence-electron chi connectivity index (χ3n) is 0.101. The number of rotatable bonds is 0. The van der Waals surface area contributed by atoms with Crippen molar-refractivity contribution in [2.75, 3.05) is 0 Å². The fourth-order valence-corrected chi connectivity index (χ4v) is 0. The van der Waals surface area contributed by atoms with E-state index in [-0.39, 0.29) is 71.8 Å². The molecule has 0 saturated carbocycles. The second-order valence-corrected chi connectivity index (χ2v) is 0.619. The summed E-state index contributed by atoms with van der Waals surface area (Å²) in [6.45, 7) is 0. The van der Waals surface area contributed by atoms with Gasteiger partial charge in [0.25, 0.3) is 0 Å². The molecule has 0 bridgehead atoms. The molecule has 0 aromatic rings. The van der Waals surface area contributed by atoms with Crippen molar-refractivity contribution >= 4 is 67.0 Å². The van der Waals surface area contributed by atoms with Crippen LogP contribution >= 0.6 is 9.47 Å². The Balaban J connectivity index is -0.0000000800. The number of carbonyl (C=O) groups is 1. The zero-order chi connectivity index (χ0) is 4.28. The number of hydrogen-bond acceptors (Lipinski definition) is 2. The van der Waals surface area contributed by atoms with Gasteiger partial charge < -0.3 is 9.63 Å². The summed E-state index contributed by atoms with van der Waals surface area (Å²) in [5, 5.41) is 7.48. The van der Waals surface area contributed by atoms with Crippen molar-refractivity contribution in [3.8, 4) is 0 Å². The molecular formula is CH4KO3PPd. The molecule has 7 heavy (non-hydrogen) atoms. The van der Waals surface area contributed by atoms with Gasteiger partial charge in [-0.05, 0) is 0 Å². The van der Waals surface area contributed by atoms with Crippen molar-refractivity contribution in [1.29, 1.82) is 0 Å². The van der Waals surface area contributed by atoms with Gasteiger partial charge in [-0.2, -0.15) is 0 Å². The topological polar surface area (TPSA) is 46.5 Å². The van der Waals surface area contributed by atoms with E-state index < -0.39 is 6.16 Å². The van der Waals surface area contributed by atoms with Gasteiger partial charge in [0.05, 0.1) is 9.47 Å². The second-order valence-electron chi connectivity index (χ2n) is 0.384. The van der Waals surface area contributed by atoms with E-state index in [0.29, 0.717) is 0 Å². The zero-order valence-corrected chi connectivity index (χ0v) is 5.37. The number of carboxylic acid groups (broad SMARTS) is 1. The molecule has 0 radical (unpaired) electrons. The first-order valence-corrected chi connectivity index (χ1v) is 1.34. The third-order valence-corrected chi connectivity index (χ3v) is 0.302. The van der Waals surface area contributed by atoms with Crippen LogP contribution in [-0.2, 0) is 24.9 Å². The molecule has 3 nitrogen and oxygen atoms in total. The molecule has 1 atom stereocenters. The van der Waals surface area contributed by atoms with Crippen LogP contribution in [0, 0.1) is 0 Å². The first kappa shape index (κ1) is 16.0. The van der Waals surface area contributed by atoms with E-state index in [1.807, 2.05) is 0 Å². The second kappa shape index (κ2) is 10.9. The summed E-state index contributed by atoms with van der Waals surface area (Å²) in [5.41, 5.74) is 0. The number of hydrogen-bond donors (Lipinski definition) is 1. The molecule has 6 heteroatoms. The minimum absolute atomic E-state index is 0. The Hall–Kier alpha value is 2.00. The van der Waals surface area contributed by atoms with Gasteiger partial charge in [-0.1, -0.05) is 0 Å².